The number of ether oxygens (including phenoxy) is 4. The summed E-state index contributed by atoms with van der Waals surface area (Å²) in [4.78, 5) is 12.2. The van der Waals surface area contributed by atoms with E-state index in [-0.39, 0.29) is 24.4 Å². The van der Waals surface area contributed by atoms with Crippen LogP contribution in [-0.2, 0) is 23.7 Å². The van der Waals surface area contributed by atoms with Crippen LogP contribution in [0.1, 0.15) is 46.5 Å². The molecule has 5 nitrogen and oxygen atoms in total. The topological polar surface area (TPSA) is 54.0 Å². The molecule has 2 aliphatic heterocycles. The van der Waals surface area contributed by atoms with Crippen molar-refractivity contribution >= 4 is 5.97 Å². The van der Waals surface area contributed by atoms with E-state index in [1.165, 1.54) is 0 Å². The Morgan fingerprint density at radius 1 is 1.19 bits per heavy atom. The summed E-state index contributed by atoms with van der Waals surface area (Å²) >= 11 is 0. The first-order valence-electron chi connectivity index (χ1n) is 8.13. The van der Waals surface area contributed by atoms with Crippen LogP contribution in [0.4, 0.5) is 0 Å². The molecule has 3 rings (SSSR count). The zero-order chi connectivity index (χ0) is 15.0. The second-order valence-corrected chi connectivity index (χ2v) is 6.99. The largest absolute Gasteiger partial charge is 0.433 e. The van der Waals surface area contributed by atoms with Crippen LogP contribution in [-0.4, -0.2) is 37.4 Å². The molecule has 1 spiro atoms. The van der Waals surface area contributed by atoms with E-state index in [2.05, 4.69) is 20.8 Å². The second kappa shape index (κ2) is 5.86. The van der Waals surface area contributed by atoms with Crippen LogP contribution in [0, 0.1) is 17.8 Å². The maximum atomic E-state index is 12.2. The van der Waals surface area contributed by atoms with E-state index in [1.807, 2.05) is 0 Å². The van der Waals surface area contributed by atoms with Gasteiger partial charge < -0.3 is 18.9 Å². The highest BCUT2D eigenvalue weighted by Crippen LogP contribution is 2.47. The highest BCUT2D eigenvalue weighted by atomic mass is 16.8. The molecule has 3 fully saturated rings. The van der Waals surface area contributed by atoms with E-state index in [9.17, 15) is 4.79 Å². The third-order valence-electron chi connectivity index (χ3n) is 4.93. The van der Waals surface area contributed by atoms with Gasteiger partial charge in [-0.25, -0.2) is 0 Å². The van der Waals surface area contributed by atoms with Gasteiger partial charge in [-0.1, -0.05) is 20.8 Å². The molecule has 0 aromatic heterocycles. The van der Waals surface area contributed by atoms with E-state index in [1.54, 1.807) is 0 Å². The molecule has 0 bridgehead atoms. The molecule has 2 heterocycles. The Morgan fingerprint density at radius 2 is 1.90 bits per heavy atom. The minimum Gasteiger partial charge on any atom is -0.433 e. The molecule has 0 unspecified atom stereocenters. The normalized spacial score (nSPS) is 41.7. The number of carbonyl (C=O) groups is 1. The van der Waals surface area contributed by atoms with E-state index < -0.39 is 12.1 Å². The van der Waals surface area contributed by atoms with Crippen LogP contribution in [0.5, 0.6) is 0 Å². The molecule has 0 aromatic rings. The quantitative estimate of drug-likeness (QED) is 0.733. The molecule has 21 heavy (non-hydrogen) atoms. The van der Waals surface area contributed by atoms with Gasteiger partial charge in [0.1, 0.15) is 6.10 Å². The van der Waals surface area contributed by atoms with Gasteiger partial charge in [0.2, 0.25) is 5.79 Å². The summed E-state index contributed by atoms with van der Waals surface area (Å²) in [6.45, 7) is 7.67. The molecule has 0 radical (unpaired) electrons. The standard InChI is InChI=1S/C16H26O5/c1-10(2)12-5-4-11(3)9-16(12)20-13(8-14(17)21-16)15-18-6-7-19-15/h10-13,15H,4-9H2,1-3H3/t11-,12+,13+,16+/m1/s1. The lowest BCUT2D eigenvalue weighted by Gasteiger charge is -2.50. The van der Waals surface area contributed by atoms with Crippen molar-refractivity contribution in [1.82, 2.24) is 0 Å². The summed E-state index contributed by atoms with van der Waals surface area (Å²) in [5, 5.41) is 0. The summed E-state index contributed by atoms with van der Waals surface area (Å²) in [6.07, 6.45) is 2.40. The highest BCUT2D eigenvalue weighted by Gasteiger charge is 2.54. The molecule has 0 aromatic carbocycles. The molecule has 0 amide bonds. The maximum Gasteiger partial charge on any atom is 0.311 e. The Bertz CT molecular complexity index is 390. The monoisotopic (exact) mass is 298 g/mol. The number of hydrogen-bond donors (Lipinski definition) is 0. The predicted octanol–water partition coefficient (Wildman–Crippen LogP) is 2.48. The fraction of sp³-hybridized carbons (Fsp3) is 0.938. The van der Waals surface area contributed by atoms with E-state index in [4.69, 9.17) is 18.9 Å². The van der Waals surface area contributed by atoms with Crippen molar-refractivity contribution in [3.05, 3.63) is 0 Å². The Morgan fingerprint density at radius 3 is 2.57 bits per heavy atom. The molecule has 2 saturated heterocycles. The smallest absolute Gasteiger partial charge is 0.311 e. The lowest BCUT2D eigenvalue weighted by Crippen LogP contribution is -2.58. The van der Waals surface area contributed by atoms with E-state index in [0.717, 1.165) is 19.3 Å². The first-order valence-corrected chi connectivity index (χ1v) is 8.13. The summed E-state index contributed by atoms with van der Waals surface area (Å²) in [5.41, 5.74) is 0. The van der Waals surface area contributed by atoms with Gasteiger partial charge in [0.25, 0.3) is 0 Å². The average molecular weight is 298 g/mol. The Labute approximate surface area is 126 Å². The van der Waals surface area contributed by atoms with Crippen molar-refractivity contribution in [2.75, 3.05) is 13.2 Å². The van der Waals surface area contributed by atoms with Gasteiger partial charge in [0.05, 0.1) is 19.6 Å². The van der Waals surface area contributed by atoms with Crippen molar-refractivity contribution in [3.63, 3.8) is 0 Å². The third-order valence-corrected chi connectivity index (χ3v) is 4.93. The number of esters is 1. The molecular formula is C16H26O5. The van der Waals surface area contributed by atoms with Crippen molar-refractivity contribution in [1.29, 1.82) is 0 Å². The lowest BCUT2D eigenvalue weighted by atomic mass is 9.72. The van der Waals surface area contributed by atoms with Crippen LogP contribution >= 0.6 is 0 Å². The zero-order valence-electron chi connectivity index (χ0n) is 13.2. The van der Waals surface area contributed by atoms with Crippen molar-refractivity contribution in [2.24, 2.45) is 17.8 Å². The minimum atomic E-state index is -0.791. The maximum absolute atomic E-state index is 12.2. The molecular weight excluding hydrogens is 272 g/mol. The van der Waals surface area contributed by atoms with Crippen LogP contribution in [0.2, 0.25) is 0 Å². The van der Waals surface area contributed by atoms with Crippen LogP contribution in [0.25, 0.3) is 0 Å². The van der Waals surface area contributed by atoms with Gasteiger partial charge >= 0.3 is 5.97 Å². The first-order chi connectivity index (χ1) is 10.00. The van der Waals surface area contributed by atoms with Gasteiger partial charge in [0.15, 0.2) is 6.29 Å². The lowest BCUT2D eigenvalue weighted by molar-refractivity contribution is -0.338. The highest BCUT2D eigenvalue weighted by molar-refractivity contribution is 5.71. The second-order valence-electron chi connectivity index (χ2n) is 6.99. The zero-order valence-corrected chi connectivity index (χ0v) is 13.2. The molecule has 0 N–H and O–H groups in total. The van der Waals surface area contributed by atoms with Gasteiger partial charge in [-0.05, 0) is 24.7 Å². The third kappa shape index (κ3) is 2.96. The number of hydrogen-bond acceptors (Lipinski definition) is 5. The van der Waals surface area contributed by atoms with Crippen LogP contribution in [0.3, 0.4) is 0 Å². The van der Waals surface area contributed by atoms with Crippen molar-refractivity contribution in [3.8, 4) is 0 Å². The molecule has 3 aliphatic rings. The SMILES string of the molecule is CC(C)[C@@H]1CC[C@@H](C)C[C@]12OC(=O)C[C@@H](C1OCCO1)O2. The Balaban J connectivity index is 1.83. The number of rotatable bonds is 2. The van der Waals surface area contributed by atoms with Crippen molar-refractivity contribution < 1.29 is 23.7 Å². The molecule has 1 saturated carbocycles. The fourth-order valence-electron chi connectivity index (χ4n) is 3.98. The van der Waals surface area contributed by atoms with E-state index >= 15 is 0 Å². The minimum absolute atomic E-state index is 0.190. The number of carbonyl (C=O) groups excluding carboxylic acids is 1. The molecule has 1 aliphatic carbocycles. The van der Waals surface area contributed by atoms with Gasteiger partial charge in [0, 0.05) is 12.3 Å². The molecule has 5 heteroatoms. The van der Waals surface area contributed by atoms with Gasteiger partial charge in [-0.3, -0.25) is 4.79 Å². The summed E-state index contributed by atoms with van der Waals surface area (Å²) in [6, 6.07) is 0. The Hall–Kier alpha value is -0.650. The molecule has 120 valence electrons. The van der Waals surface area contributed by atoms with E-state index in [0.29, 0.717) is 25.0 Å². The summed E-state index contributed by atoms with van der Waals surface area (Å²) in [7, 11) is 0. The van der Waals surface area contributed by atoms with Crippen molar-refractivity contribution in [2.45, 2.75) is 64.6 Å². The van der Waals surface area contributed by atoms with Crippen LogP contribution in [0.15, 0.2) is 0 Å². The predicted molar refractivity (Wildman–Crippen MR) is 75.3 cm³/mol. The van der Waals surface area contributed by atoms with Gasteiger partial charge in [-0.2, -0.15) is 0 Å². The average Bonchev–Trinajstić information content (AvgIpc) is 2.90. The fourth-order valence-corrected chi connectivity index (χ4v) is 3.98. The first kappa shape index (κ1) is 15.3. The summed E-state index contributed by atoms with van der Waals surface area (Å²) < 4.78 is 23.2. The van der Waals surface area contributed by atoms with Crippen LogP contribution < -0.4 is 0 Å². The molecule has 4 atom stereocenters. The Kier molecular flexibility index (Phi) is 4.26. The van der Waals surface area contributed by atoms with Gasteiger partial charge in [-0.15, -0.1) is 0 Å². The summed E-state index contributed by atoms with van der Waals surface area (Å²) in [5.74, 6) is 0.166.